The van der Waals surface area contributed by atoms with Gasteiger partial charge in [0.2, 0.25) is 0 Å². The van der Waals surface area contributed by atoms with E-state index in [1.165, 1.54) is 67.0 Å². The van der Waals surface area contributed by atoms with Crippen molar-refractivity contribution in [1.29, 1.82) is 0 Å². The highest BCUT2D eigenvalue weighted by Gasteiger charge is 2.36. The zero-order valence-corrected chi connectivity index (χ0v) is 36.3. The summed E-state index contributed by atoms with van der Waals surface area (Å²) in [6.07, 6.45) is 7.28. The van der Waals surface area contributed by atoms with Crippen LogP contribution in [0.3, 0.4) is 0 Å². The summed E-state index contributed by atoms with van der Waals surface area (Å²) in [4.78, 5) is 2.61. The van der Waals surface area contributed by atoms with Gasteiger partial charge in [0.15, 0.2) is 7.28 Å². The first kappa shape index (κ1) is 39.7. The first-order valence-electron chi connectivity index (χ1n) is 20.2. The molecule has 1 radical (unpaired) electrons. The number of allylic oxidation sites excluding steroid dienone is 2. The van der Waals surface area contributed by atoms with Crippen LogP contribution in [0.4, 0.5) is 22.7 Å². The average Bonchev–Trinajstić information content (AvgIpc) is 3.02. The zero-order valence-electron chi connectivity index (χ0n) is 36.3. The monoisotopic (exact) mass is 718 g/mol. The van der Waals surface area contributed by atoms with Gasteiger partial charge in [-0.2, -0.15) is 0 Å². The molecule has 283 valence electrons. The predicted molar refractivity (Wildman–Crippen MR) is 239 cm³/mol. The van der Waals surface area contributed by atoms with Crippen LogP contribution in [-0.2, 0) is 21.7 Å². The number of aryl methyl sites for hydroxylation is 1. The Balaban J connectivity index is 1.74. The number of hydrogen-bond donors (Lipinski definition) is 1. The Labute approximate surface area is 329 Å². The highest BCUT2D eigenvalue weighted by molar-refractivity contribution is 6.59. The Kier molecular flexibility index (Phi) is 10.0. The molecular formula is C51H66BN2. The number of benzene rings is 4. The minimum atomic E-state index is -0.0314. The number of fused-ring (bicyclic) bond motifs is 2. The van der Waals surface area contributed by atoms with Crippen molar-refractivity contribution in [2.45, 2.75) is 144 Å². The van der Waals surface area contributed by atoms with Crippen molar-refractivity contribution < 1.29 is 0 Å². The normalized spacial score (nSPS) is 18.7. The molecule has 3 heteroatoms. The van der Waals surface area contributed by atoms with E-state index in [9.17, 15) is 0 Å². The minimum absolute atomic E-state index is 0.0164. The van der Waals surface area contributed by atoms with Gasteiger partial charge < -0.3 is 10.2 Å². The summed E-state index contributed by atoms with van der Waals surface area (Å²) >= 11 is 0. The molecule has 0 aromatic heterocycles. The number of nitrogens with zero attached hydrogens (tertiary/aromatic N) is 1. The van der Waals surface area contributed by atoms with E-state index >= 15 is 0 Å². The van der Waals surface area contributed by atoms with Gasteiger partial charge in [0.25, 0.3) is 0 Å². The average molecular weight is 718 g/mol. The maximum atomic E-state index is 4.15. The minimum Gasteiger partial charge on any atom is -0.378 e. The second-order valence-corrected chi connectivity index (χ2v) is 21.3. The fraction of sp³-hybridized carbons (Fsp3) is 0.451. The molecule has 0 aliphatic carbocycles. The topological polar surface area (TPSA) is 15.3 Å². The van der Waals surface area contributed by atoms with E-state index in [1.54, 1.807) is 0 Å². The Morgan fingerprint density at radius 3 is 1.63 bits per heavy atom. The van der Waals surface area contributed by atoms with Crippen LogP contribution in [0.5, 0.6) is 0 Å². The Bertz CT molecular complexity index is 2060. The molecule has 2 aliphatic rings. The lowest BCUT2D eigenvalue weighted by Crippen LogP contribution is -2.37. The highest BCUT2D eigenvalue weighted by atomic mass is 15.2. The lowest BCUT2D eigenvalue weighted by atomic mass is 9.51. The SMILES string of the molecule is Cc1cc2c3c(c1)N(c1cc(C(C)(C)C)cc(C(C)(C)C)c1)c1cc(C(C)(C)C)ccc1C(Nc1ccc(C(C)(C)C)cc1)C([B]3)/C=C(/C(C)(C)C)C=C2. The number of hydrogen-bond acceptors (Lipinski definition) is 2. The molecule has 1 N–H and O–H groups in total. The smallest absolute Gasteiger partial charge is 0.166 e. The molecule has 2 unspecified atom stereocenters. The number of rotatable bonds is 3. The Morgan fingerprint density at radius 1 is 0.537 bits per heavy atom. The van der Waals surface area contributed by atoms with Gasteiger partial charge in [-0.1, -0.05) is 164 Å². The van der Waals surface area contributed by atoms with Crippen LogP contribution in [-0.4, -0.2) is 7.28 Å². The standard InChI is InChI=1S/C51H66BN2/c1-32-25-33-17-18-35(48(5,6)7)30-42-46(53-39-22-19-34(20-23-39)47(2,3)4)41-24-21-36(49(8,9)10)31-43(41)54(44(26-32)45(33)52-42)40-28-37(50(11,12)13)27-38(29-40)51(14,15)16/h17-31,42,46,53H,1-16H3/b18-17?,35-30+. The predicted octanol–water partition coefficient (Wildman–Crippen LogP) is 13.9. The lowest BCUT2D eigenvalue weighted by molar-refractivity contribution is 0.513. The van der Waals surface area contributed by atoms with Crippen molar-refractivity contribution >= 4 is 41.6 Å². The third kappa shape index (κ3) is 8.17. The van der Waals surface area contributed by atoms with E-state index in [1.807, 2.05) is 0 Å². The van der Waals surface area contributed by atoms with Crippen LogP contribution >= 0.6 is 0 Å². The molecule has 2 nitrogen and oxygen atoms in total. The summed E-state index contributed by atoms with van der Waals surface area (Å²) in [5, 5.41) is 4.15. The summed E-state index contributed by atoms with van der Waals surface area (Å²) in [7, 11) is 2.56. The van der Waals surface area contributed by atoms with Crippen molar-refractivity contribution in [3.05, 3.63) is 129 Å². The maximum absolute atomic E-state index is 4.15. The summed E-state index contributed by atoms with van der Waals surface area (Å²) in [5.74, 6) is 0.0825. The quantitative estimate of drug-likeness (QED) is 0.212. The van der Waals surface area contributed by atoms with Crippen molar-refractivity contribution in [1.82, 2.24) is 0 Å². The Morgan fingerprint density at radius 2 is 1.09 bits per heavy atom. The first-order chi connectivity index (χ1) is 24.8. The summed E-state index contributed by atoms with van der Waals surface area (Å²) < 4.78 is 0. The van der Waals surface area contributed by atoms with Crippen LogP contribution in [0, 0.1) is 12.3 Å². The summed E-state index contributed by atoms with van der Waals surface area (Å²) in [5.41, 5.74) is 16.7. The van der Waals surface area contributed by atoms with Crippen molar-refractivity contribution in [3.8, 4) is 0 Å². The van der Waals surface area contributed by atoms with Crippen LogP contribution in [0.2, 0.25) is 5.82 Å². The molecule has 6 rings (SSSR count). The third-order valence-corrected chi connectivity index (χ3v) is 11.5. The molecule has 0 fully saturated rings. The van der Waals surface area contributed by atoms with Gasteiger partial charge in [-0.05, 0) is 121 Å². The molecule has 2 bridgehead atoms. The number of nitrogens with one attached hydrogen (secondary N) is 1. The lowest BCUT2D eigenvalue weighted by Gasteiger charge is -2.41. The van der Waals surface area contributed by atoms with Gasteiger partial charge >= 0.3 is 0 Å². The maximum Gasteiger partial charge on any atom is 0.166 e. The van der Waals surface area contributed by atoms with E-state index in [2.05, 4.69) is 219 Å². The molecule has 4 aromatic carbocycles. The molecule has 0 amide bonds. The van der Waals surface area contributed by atoms with Gasteiger partial charge in [-0.25, -0.2) is 0 Å². The highest BCUT2D eigenvalue weighted by Crippen LogP contribution is 2.49. The molecule has 0 spiro atoms. The molecule has 0 saturated heterocycles. The van der Waals surface area contributed by atoms with Crippen LogP contribution in [0.15, 0.2) is 90.5 Å². The third-order valence-electron chi connectivity index (χ3n) is 11.5. The van der Waals surface area contributed by atoms with E-state index in [4.69, 9.17) is 0 Å². The summed E-state index contributed by atoms with van der Waals surface area (Å²) in [6, 6.07) is 28.6. The van der Waals surface area contributed by atoms with E-state index in [-0.39, 0.29) is 38.9 Å². The van der Waals surface area contributed by atoms with Gasteiger partial charge in [-0.3, -0.25) is 0 Å². The first-order valence-corrected chi connectivity index (χ1v) is 20.2. The molecule has 2 aliphatic heterocycles. The van der Waals surface area contributed by atoms with Crippen LogP contribution < -0.4 is 15.7 Å². The van der Waals surface area contributed by atoms with Crippen molar-refractivity contribution in [3.63, 3.8) is 0 Å². The van der Waals surface area contributed by atoms with Gasteiger partial charge in [0.1, 0.15) is 0 Å². The fourth-order valence-electron chi connectivity index (χ4n) is 7.79. The Hall–Kier alpha value is -3.98. The second-order valence-electron chi connectivity index (χ2n) is 21.3. The molecule has 54 heavy (non-hydrogen) atoms. The van der Waals surface area contributed by atoms with Crippen LogP contribution in [0.25, 0.3) is 6.08 Å². The van der Waals surface area contributed by atoms with Crippen LogP contribution in [0.1, 0.15) is 149 Å². The summed E-state index contributed by atoms with van der Waals surface area (Å²) in [6.45, 7) is 37.2. The second kappa shape index (κ2) is 13.6. The largest absolute Gasteiger partial charge is 0.378 e. The van der Waals surface area contributed by atoms with Gasteiger partial charge in [-0.15, -0.1) is 0 Å². The van der Waals surface area contributed by atoms with E-state index < -0.39 is 0 Å². The molecule has 2 heterocycles. The zero-order chi connectivity index (χ0) is 39.8. The van der Waals surface area contributed by atoms with E-state index in [0.29, 0.717) is 0 Å². The molecule has 0 saturated carbocycles. The molecule has 2 atom stereocenters. The van der Waals surface area contributed by atoms with Gasteiger partial charge in [0, 0.05) is 17.1 Å². The fourth-order valence-corrected chi connectivity index (χ4v) is 7.79. The number of anilines is 4. The molecular weight excluding hydrogens is 651 g/mol. The van der Waals surface area contributed by atoms with Crippen molar-refractivity contribution in [2.75, 3.05) is 10.2 Å². The van der Waals surface area contributed by atoms with Crippen molar-refractivity contribution in [2.24, 2.45) is 5.41 Å². The van der Waals surface area contributed by atoms with Gasteiger partial charge in [0.05, 0.1) is 11.7 Å². The molecule has 4 aromatic rings. The van der Waals surface area contributed by atoms with E-state index in [0.717, 1.165) is 5.69 Å².